The number of nitrogens with zero attached hydrogens (tertiary/aromatic N) is 2. The van der Waals surface area contributed by atoms with Crippen LogP contribution >= 0.6 is 0 Å². The van der Waals surface area contributed by atoms with Crippen molar-refractivity contribution in [2.24, 2.45) is 0 Å². The molecule has 0 amide bonds. The number of piperazine rings is 1. The van der Waals surface area contributed by atoms with Gasteiger partial charge in [-0.15, -0.1) is 0 Å². The van der Waals surface area contributed by atoms with Crippen molar-refractivity contribution >= 4 is 10.0 Å². The first-order valence-corrected chi connectivity index (χ1v) is 8.07. The maximum Gasteiger partial charge on any atom is 0.218 e. The Labute approximate surface area is 113 Å². The van der Waals surface area contributed by atoms with Crippen LogP contribution < -0.4 is 0 Å². The molecular formula is C13H19FN2O2S. The molecule has 1 saturated heterocycles. The van der Waals surface area contributed by atoms with E-state index in [1.807, 2.05) is 0 Å². The molecule has 1 aliphatic rings. The first kappa shape index (κ1) is 14.4. The summed E-state index contributed by atoms with van der Waals surface area (Å²) in [7, 11) is -3.30. The normalized spacial score (nSPS) is 18.6. The third kappa shape index (κ3) is 3.75. The third-order valence-corrected chi connectivity index (χ3v) is 5.28. The highest BCUT2D eigenvalue weighted by Gasteiger charge is 2.26. The molecule has 0 radical (unpaired) electrons. The zero-order valence-electron chi connectivity index (χ0n) is 11.0. The predicted octanol–water partition coefficient (Wildman–Crippen LogP) is 1.29. The summed E-state index contributed by atoms with van der Waals surface area (Å²) in [5, 5.41) is 0. The highest BCUT2D eigenvalue weighted by molar-refractivity contribution is 7.88. The zero-order chi connectivity index (χ0) is 13.9. The molecule has 0 bridgehead atoms. The van der Waals surface area contributed by atoms with Gasteiger partial charge in [-0.3, -0.25) is 0 Å². The summed E-state index contributed by atoms with van der Waals surface area (Å²) in [6, 6.07) is 5.63. The number of rotatable bonds is 4. The quantitative estimate of drug-likeness (QED) is 0.837. The number of likely N-dealkylation sites (N-methyl/N-ethyl adjacent to an activating group) is 1. The molecule has 1 aromatic carbocycles. The van der Waals surface area contributed by atoms with E-state index < -0.39 is 10.0 Å². The van der Waals surface area contributed by atoms with Gasteiger partial charge in [0, 0.05) is 26.2 Å². The Morgan fingerprint density at radius 2 is 1.68 bits per heavy atom. The van der Waals surface area contributed by atoms with Crippen molar-refractivity contribution in [2.45, 2.75) is 12.7 Å². The fraction of sp³-hybridized carbons (Fsp3) is 0.538. The van der Waals surface area contributed by atoms with Crippen molar-refractivity contribution in [3.63, 3.8) is 0 Å². The van der Waals surface area contributed by atoms with Gasteiger partial charge in [0.2, 0.25) is 10.0 Å². The molecule has 2 rings (SSSR count). The number of halogens is 1. The summed E-state index contributed by atoms with van der Waals surface area (Å²) in [4.78, 5) is 2.23. The van der Waals surface area contributed by atoms with E-state index in [9.17, 15) is 12.8 Å². The van der Waals surface area contributed by atoms with E-state index in [0.29, 0.717) is 18.7 Å². The van der Waals surface area contributed by atoms with Gasteiger partial charge in [0.25, 0.3) is 0 Å². The molecule has 0 atom stereocenters. The number of hydrogen-bond donors (Lipinski definition) is 0. The van der Waals surface area contributed by atoms with Crippen molar-refractivity contribution in [3.8, 4) is 0 Å². The van der Waals surface area contributed by atoms with Crippen molar-refractivity contribution in [3.05, 3.63) is 35.6 Å². The van der Waals surface area contributed by atoms with Crippen LogP contribution in [0.4, 0.5) is 4.39 Å². The van der Waals surface area contributed by atoms with Crippen LogP contribution in [0.1, 0.15) is 12.5 Å². The number of sulfonamides is 1. The first-order chi connectivity index (χ1) is 9.01. The van der Waals surface area contributed by atoms with Crippen LogP contribution in [0.25, 0.3) is 0 Å². The van der Waals surface area contributed by atoms with Gasteiger partial charge in [0.15, 0.2) is 0 Å². The van der Waals surface area contributed by atoms with Crippen LogP contribution in [0.2, 0.25) is 0 Å². The van der Waals surface area contributed by atoms with Crippen LogP contribution in [0.5, 0.6) is 0 Å². The van der Waals surface area contributed by atoms with Crippen LogP contribution in [0.15, 0.2) is 24.3 Å². The minimum atomic E-state index is -3.30. The lowest BCUT2D eigenvalue weighted by atomic mass is 10.2. The topological polar surface area (TPSA) is 40.6 Å². The number of benzene rings is 1. The molecular weight excluding hydrogens is 267 g/mol. The molecule has 4 nitrogen and oxygen atoms in total. The molecule has 0 unspecified atom stereocenters. The fourth-order valence-electron chi connectivity index (χ4n) is 2.21. The maximum atomic E-state index is 12.8. The molecule has 0 aliphatic carbocycles. The summed E-state index contributed by atoms with van der Waals surface area (Å²) in [6.45, 7) is 5.65. The molecule has 0 aromatic heterocycles. The Morgan fingerprint density at radius 1 is 1.11 bits per heavy atom. The van der Waals surface area contributed by atoms with Crippen molar-refractivity contribution in [1.82, 2.24) is 9.21 Å². The van der Waals surface area contributed by atoms with Gasteiger partial charge < -0.3 is 4.90 Å². The Hall–Kier alpha value is -0.980. The standard InChI is InChI=1S/C13H19FN2O2S/c1-2-15-7-9-16(10-8-15)19(17,18)11-12-3-5-13(14)6-4-12/h3-6H,2,7-11H2,1H3. The van der Waals surface area contributed by atoms with Gasteiger partial charge >= 0.3 is 0 Å². The van der Waals surface area contributed by atoms with Gasteiger partial charge in [-0.1, -0.05) is 19.1 Å². The van der Waals surface area contributed by atoms with Crippen LogP contribution in [-0.4, -0.2) is 50.3 Å². The van der Waals surface area contributed by atoms with Gasteiger partial charge in [0.05, 0.1) is 5.75 Å². The summed E-state index contributed by atoms with van der Waals surface area (Å²) in [5.74, 6) is -0.405. The van der Waals surface area contributed by atoms with Crippen LogP contribution in [-0.2, 0) is 15.8 Å². The highest BCUT2D eigenvalue weighted by Crippen LogP contribution is 2.14. The lowest BCUT2D eigenvalue weighted by Gasteiger charge is -2.33. The molecule has 6 heteroatoms. The minimum absolute atomic E-state index is 0.0561. The second-order valence-electron chi connectivity index (χ2n) is 4.72. The molecule has 0 spiro atoms. The molecule has 106 valence electrons. The van der Waals surface area contributed by atoms with Crippen LogP contribution in [0.3, 0.4) is 0 Å². The monoisotopic (exact) mass is 286 g/mol. The zero-order valence-corrected chi connectivity index (χ0v) is 11.9. The highest BCUT2D eigenvalue weighted by atomic mass is 32.2. The lowest BCUT2D eigenvalue weighted by Crippen LogP contribution is -2.48. The fourth-order valence-corrected chi connectivity index (χ4v) is 3.72. The SMILES string of the molecule is CCN1CCN(S(=O)(=O)Cc2ccc(F)cc2)CC1. The summed E-state index contributed by atoms with van der Waals surface area (Å²) >= 11 is 0. The van der Waals surface area contributed by atoms with E-state index in [1.165, 1.54) is 28.6 Å². The van der Waals surface area contributed by atoms with Crippen molar-refractivity contribution < 1.29 is 12.8 Å². The Morgan fingerprint density at radius 3 is 2.21 bits per heavy atom. The molecule has 1 fully saturated rings. The third-order valence-electron chi connectivity index (χ3n) is 3.43. The van der Waals surface area contributed by atoms with Crippen molar-refractivity contribution in [2.75, 3.05) is 32.7 Å². The summed E-state index contributed by atoms with van der Waals surface area (Å²) < 4.78 is 38.8. The average Bonchev–Trinajstić information content (AvgIpc) is 2.41. The van der Waals surface area contributed by atoms with E-state index in [0.717, 1.165) is 19.6 Å². The molecule has 1 heterocycles. The van der Waals surface area contributed by atoms with E-state index in [-0.39, 0.29) is 11.6 Å². The van der Waals surface area contributed by atoms with Crippen molar-refractivity contribution in [1.29, 1.82) is 0 Å². The van der Waals surface area contributed by atoms with Gasteiger partial charge in [-0.25, -0.2) is 12.8 Å². The maximum absolute atomic E-state index is 12.8. The largest absolute Gasteiger partial charge is 0.301 e. The van der Waals surface area contributed by atoms with Gasteiger partial charge in [-0.2, -0.15) is 4.31 Å². The molecule has 1 aromatic rings. The number of hydrogen-bond acceptors (Lipinski definition) is 3. The predicted molar refractivity (Wildman–Crippen MR) is 72.7 cm³/mol. The van der Waals surface area contributed by atoms with E-state index in [4.69, 9.17) is 0 Å². The van der Waals surface area contributed by atoms with Gasteiger partial charge in [0.1, 0.15) is 5.82 Å². The Balaban J connectivity index is 2.01. The molecule has 19 heavy (non-hydrogen) atoms. The van der Waals surface area contributed by atoms with E-state index in [2.05, 4.69) is 11.8 Å². The van der Waals surface area contributed by atoms with E-state index >= 15 is 0 Å². The Kier molecular flexibility index (Phi) is 4.54. The average molecular weight is 286 g/mol. The second-order valence-corrected chi connectivity index (χ2v) is 6.68. The molecule has 0 N–H and O–H groups in total. The Bertz CT molecular complexity index is 508. The summed E-state index contributed by atoms with van der Waals surface area (Å²) in [6.07, 6.45) is 0. The smallest absolute Gasteiger partial charge is 0.218 e. The minimum Gasteiger partial charge on any atom is -0.301 e. The molecule has 0 saturated carbocycles. The summed E-state index contributed by atoms with van der Waals surface area (Å²) in [5.41, 5.74) is 0.624. The second kappa shape index (κ2) is 5.98. The van der Waals surface area contributed by atoms with Gasteiger partial charge in [-0.05, 0) is 24.2 Å². The van der Waals surface area contributed by atoms with Crippen LogP contribution in [0, 0.1) is 5.82 Å². The van der Waals surface area contributed by atoms with E-state index in [1.54, 1.807) is 0 Å². The molecule has 1 aliphatic heterocycles. The first-order valence-electron chi connectivity index (χ1n) is 6.46. The lowest BCUT2D eigenvalue weighted by molar-refractivity contribution is 0.196.